The van der Waals surface area contributed by atoms with Crippen molar-refractivity contribution < 1.29 is 9.21 Å². The predicted molar refractivity (Wildman–Crippen MR) is 87.8 cm³/mol. The molecule has 4 nitrogen and oxygen atoms in total. The van der Waals surface area contributed by atoms with Crippen molar-refractivity contribution in [1.29, 1.82) is 0 Å². The van der Waals surface area contributed by atoms with Crippen LogP contribution in [0.5, 0.6) is 0 Å². The molecule has 1 amide bonds. The van der Waals surface area contributed by atoms with Crippen LogP contribution in [0.4, 0.5) is 0 Å². The van der Waals surface area contributed by atoms with Gasteiger partial charge in [-0.05, 0) is 50.9 Å². The van der Waals surface area contributed by atoms with E-state index >= 15 is 0 Å². The van der Waals surface area contributed by atoms with Crippen LogP contribution in [0.2, 0.25) is 0 Å². The summed E-state index contributed by atoms with van der Waals surface area (Å²) in [5.74, 6) is 1.10. The molecule has 1 aliphatic rings. The first-order chi connectivity index (χ1) is 10.6. The lowest BCUT2D eigenvalue weighted by Gasteiger charge is -2.33. The number of likely N-dealkylation sites (tertiary alicyclic amines) is 1. The number of amides is 1. The van der Waals surface area contributed by atoms with Gasteiger partial charge in [-0.25, -0.2) is 0 Å². The van der Waals surface area contributed by atoms with Gasteiger partial charge in [-0.3, -0.25) is 9.69 Å². The number of hydrogen-bond acceptors (Lipinski definition) is 3. The SMILES string of the molecule is CNC(=O)C1CCCCN1Cc1oc2ccc(C)cc2c1C. The number of aryl methyl sites for hydroxylation is 2. The number of nitrogens with zero attached hydrogens (tertiary/aromatic N) is 1. The Morgan fingerprint density at radius 2 is 2.18 bits per heavy atom. The maximum Gasteiger partial charge on any atom is 0.237 e. The van der Waals surface area contributed by atoms with Crippen molar-refractivity contribution >= 4 is 16.9 Å². The summed E-state index contributed by atoms with van der Waals surface area (Å²) in [6.07, 6.45) is 3.19. The maximum absolute atomic E-state index is 12.1. The third-order valence-electron chi connectivity index (χ3n) is 4.70. The molecular weight excluding hydrogens is 276 g/mol. The van der Waals surface area contributed by atoms with Gasteiger partial charge in [0.25, 0.3) is 0 Å². The van der Waals surface area contributed by atoms with Crippen LogP contribution in [-0.4, -0.2) is 30.4 Å². The summed E-state index contributed by atoms with van der Waals surface area (Å²) in [5, 5.41) is 3.97. The molecule has 2 heterocycles. The van der Waals surface area contributed by atoms with E-state index in [0.717, 1.165) is 37.2 Å². The molecule has 3 rings (SSSR count). The third-order valence-corrected chi connectivity index (χ3v) is 4.70. The molecule has 1 aromatic carbocycles. The van der Waals surface area contributed by atoms with Crippen LogP contribution in [0.15, 0.2) is 22.6 Å². The van der Waals surface area contributed by atoms with Crippen LogP contribution in [-0.2, 0) is 11.3 Å². The topological polar surface area (TPSA) is 45.5 Å². The van der Waals surface area contributed by atoms with Crippen molar-refractivity contribution in [3.8, 4) is 0 Å². The van der Waals surface area contributed by atoms with Crippen LogP contribution in [0.3, 0.4) is 0 Å². The van der Waals surface area contributed by atoms with Gasteiger partial charge in [-0.2, -0.15) is 0 Å². The smallest absolute Gasteiger partial charge is 0.237 e. The standard InChI is InChI=1S/C18H24N2O2/c1-12-7-8-16-14(10-12)13(2)17(22-16)11-20-9-5-4-6-15(20)18(21)19-3/h7-8,10,15H,4-6,9,11H2,1-3H3,(H,19,21). The Labute approximate surface area is 131 Å². The second-order valence-electron chi connectivity index (χ2n) is 6.25. The van der Waals surface area contributed by atoms with Crippen LogP contribution in [0.1, 0.15) is 36.1 Å². The van der Waals surface area contributed by atoms with Gasteiger partial charge in [0.05, 0.1) is 12.6 Å². The van der Waals surface area contributed by atoms with E-state index in [1.165, 1.54) is 16.5 Å². The third kappa shape index (κ3) is 2.75. The minimum atomic E-state index is -0.0342. The molecule has 1 fully saturated rings. The molecule has 0 saturated carbocycles. The number of likely N-dealkylation sites (N-methyl/N-ethyl adjacent to an activating group) is 1. The number of fused-ring (bicyclic) bond motifs is 1. The number of rotatable bonds is 3. The summed E-state index contributed by atoms with van der Waals surface area (Å²) >= 11 is 0. The largest absolute Gasteiger partial charge is 0.459 e. The van der Waals surface area contributed by atoms with Crippen LogP contribution in [0, 0.1) is 13.8 Å². The number of nitrogens with one attached hydrogen (secondary N) is 1. The Bertz CT molecular complexity index is 690. The van der Waals surface area contributed by atoms with Crippen molar-refractivity contribution in [3.63, 3.8) is 0 Å². The molecule has 1 N–H and O–H groups in total. The normalized spacial score (nSPS) is 19.5. The summed E-state index contributed by atoms with van der Waals surface area (Å²) in [4.78, 5) is 14.3. The Morgan fingerprint density at radius 3 is 2.95 bits per heavy atom. The number of benzene rings is 1. The summed E-state index contributed by atoms with van der Waals surface area (Å²) in [6, 6.07) is 6.24. The van der Waals surface area contributed by atoms with Gasteiger partial charge in [-0.15, -0.1) is 0 Å². The van der Waals surface area contributed by atoms with Crippen molar-refractivity contribution in [1.82, 2.24) is 10.2 Å². The minimum Gasteiger partial charge on any atom is -0.459 e. The monoisotopic (exact) mass is 300 g/mol. The first kappa shape index (κ1) is 15.1. The highest BCUT2D eigenvalue weighted by molar-refractivity contribution is 5.83. The lowest BCUT2D eigenvalue weighted by atomic mass is 10.0. The Kier molecular flexibility index (Phi) is 4.21. The lowest BCUT2D eigenvalue weighted by molar-refractivity contribution is -0.127. The van der Waals surface area contributed by atoms with E-state index in [1.54, 1.807) is 7.05 Å². The van der Waals surface area contributed by atoms with Gasteiger partial charge in [0.2, 0.25) is 5.91 Å². The number of furan rings is 1. The molecule has 0 radical (unpaired) electrons. The molecule has 0 aliphatic carbocycles. The highest BCUT2D eigenvalue weighted by Crippen LogP contribution is 2.29. The van der Waals surface area contributed by atoms with E-state index in [-0.39, 0.29) is 11.9 Å². The van der Waals surface area contributed by atoms with Gasteiger partial charge in [0.15, 0.2) is 0 Å². The molecule has 1 atom stereocenters. The Hall–Kier alpha value is -1.81. The number of carbonyl (C=O) groups excluding carboxylic acids is 1. The highest BCUT2D eigenvalue weighted by atomic mass is 16.3. The van der Waals surface area contributed by atoms with E-state index in [9.17, 15) is 4.79 Å². The van der Waals surface area contributed by atoms with Gasteiger partial charge < -0.3 is 9.73 Å². The molecular formula is C18H24N2O2. The van der Waals surface area contributed by atoms with E-state index in [0.29, 0.717) is 6.54 Å². The van der Waals surface area contributed by atoms with Crippen molar-refractivity contribution in [2.24, 2.45) is 0 Å². The number of carbonyl (C=O) groups is 1. The average molecular weight is 300 g/mol. The molecule has 118 valence electrons. The van der Waals surface area contributed by atoms with E-state index in [4.69, 9.17) is 4.42 Å². The second-order valence-corrected chi connectivity index (χ2v) is 6.25. The molecule has 1 saturated heterocycles. The number of piperidine rings is 1. The second kappa shape index (κ2) is 6.13. The first-order valence-electron chi connectivity index (χ1n) is 8.04. The fraction of sp³-hybridized carbons (Fsp3) is 0.500. The summed E-state index contributed by atoms with van der Waals surface area (Å²) in [7, 11) is 1.71. The van der Waals surface area contributed by atoms with E-state index in [1.807, 2.05) is 6.07 Å². The zero-order valence-corrected chi connectivity index (χ0v) is 13.6. The highest BCUT2D eigenvalue weighted by Gasteiger charge is 2.29. The first-order valence-corrected chi connectivity index (χ1v) is 8.04. The van der Waals surface area contributed by atoms with Crippen molar-refractivity contribution in [2.45, 2.75) is 45.7 Å². The molecule has 1 aliphatic heterocycles. The zero-order valence-electron chi connectivity index (χ0n) is 13.6. The van der Waals surface area contributed by atoms with Gasteiger partial charge >= 0.3 is 0 Å². The molecule has 22 heavy (non-hydrogen) atoms. The molecule has 0 spiro atoms. The summed E-state index contributed by atoms with van der Waals surface area (Å²) in [6.45, 7) is 5.86. The molecule has 4 heteroatoms. The molecule has 2 aromatic rings. The quantitative estimate of drug-likeness (QED) is 0.947. The van der Waals surface area contributed by atoms with Gasteiger partial charge in [0, 0.05) is 12.4 Å². The van der Waals surface area contributed by atoms with Crippen LogP contribution < -0.4 is 5.32 Å². The molecule has 1 aromatic heterocycles. The maximum atomic E-state index is 12.1. The van der Waals surface area contributed by atoms with E-state index in [2.05, 4.69) is 36.2 Å². The fourth-order valence-electron chi connectivity index (χ4n) is 3.36. The van der Waals surface area contributed by atoms with Crippen molar-refractivity contribution in [2.75, 3.05) is 13.6 Å². The Morgan fingerprint density at radius 1 is 1.36 bits per heavy atom. The lowest BCUT2D eigenvalue weighted by Crippen LogP contribution is -2.48. The predicted octanol–water partition coefficient (Wildman–Crippen LogP) is 3.15. The average Bonchev–Trinajstić information content (AvgIpc) is 2.83. The Balaban J connectivity index is 1.88. The van der Waals surface area contributed by atoms with Crippen molar-refractivity contribution in [3.05, 3.63) is 35.1 Å². The summed E-state index contributed by atoms with van der Waals surface area (Å²) < 4.78 is 6.04. The number of hydrogen-bond donors (Lipinski definition) is 1. The van der Waals surface area contributed by atoms with E-state index < -0.39 is 0 Å². The molecule has 1 unspecified atom stereocenters. The van der Waals surface area contributed by atoms with Crippen LogP contribution in [0.25, 0.3) is 11.0 Å². The van der Waals surface area contributed by atoms with Gasteiger partial charge in [-0.1, -0.05) is 18.1 Å². The fourth-order valence-corrected chi connectivity index (χ4v) is 3.36. The minimum absolute atomic E-state index is 0.0342. The zero-order chi connectivity index (χ0) is 15.7. The van der Waals surface area contributed by atoms with Crippen LogP contribution >= 0.6 is 0 Å². The summed E-state index contributed by atoms with van der Waals surface area (Å²) in [5.41, 5.74) is 3.37. The van der Waals surface area contributed by atoms with Gasteiger partial charge in [0.1, 0.15) is 11.3 Å². The molecule has 0 bridgehead atoms.